The number of alkyl halides is 3. The second-order valence-electron chi connectivity index (χ2n) is 8.53. The minimum atomic E-state index is -4.52. The standard InChI is InChI=1S/C24H29F3N2O2/c1-16-14-18(24(25,26)27)15-19(31-4)20(16)22(30)28-21(17-10-6-5-7-11-17)23(2,3)29-12-8-9-13-29/h5-7,10-11,14-15,21H,8-9,12-13H2,1-4H3,(H,28,30). The molecule has 0 aliphatic carbocycles. The van der Waals surface area contributed by atoms with Crippen molar-refractivity contribution in [2.75, 3.05) is 20.2 Å². The molecule has 31 heavy (non-hydrogen) atoms. The first-order valence-electron chi connectivity index (χ1n) is 10.4. The number of nitrogens with one attached hydrogen (secondary N) is 1. The molecule has 4 nitrogen and oxygen atoms in total. The number of nitrogens with zero attached hydrogens (tertiary/aromatic N) is 1. The van der Waals surface area contributed by atoms with Crippen molar-refractivity contribution in [2.45, 2.75) is 51.4 Å². The highest BCUT2D eigenvalue weighted by Gasteiger charge is 2.39. The van der Waals surface area contributed by atoms with Gasteiger partial charge in [-0.3, -0.25) is 9.69 Å². The lowest BCUT2D eigenvalue weighted by atomic mass is 9.86. The van der Waals surface area contributed by atoms with Crippen molar-refractivity contribution in [3.8, 4) is 5.75 Å². The molecule has 1 atom stereocenters. The van der Waals surface area contributed by atoms with Crippen LogP contribution in [0, 0.1) is 6.92 Å². The van der Waals surface area contributed by atoms with Crippen molar-refractivity contribution in [3.05, 3.63) is 64.7 Å². The van der Waals surface area contributed by atoms with Gasteiger partial charge in [0.1, 0.15) is 5.75 Å². The Morgan fingerprint density at radius 2 is 1.71 bits per heavy atom. The summed E-state index contributed by atoms with van der Waals surface area (Å²) in [5, 5.41) is 3.10. The maximum Gasteiger partial charge on any atom is 0.416 e. The van der Waals surface area contributed by atoms with E-state index in [2.05, 4.69) is 24.1 Å². The van der Waals surface area contributed by atoms with Crippen molar-refractivity contribution in [3.63, 3.8) is 0 Å². The average Bonchev–Trinajstić information content (AvgIpc) is 3.27. The topological polar surface area (TPSA) is 41.6 Å². The summed E-state index contributed by atoms with van der Waals surface area (Å²) in [5.74, 6) is -0.542. The first kappa shape index (κ1) is 23.1. The summed E-state index contributed by atoms with van der Waals surface area (Å²) in [6.45, 7) is 7.56. The molecular formula is C24H29F3N2O2. The van der Waals surface area contributed by atoms with E-state index in [0.717, 1.165) is 43.6 Å². The molecule has 1 saturated heterocycles. The molecule has 168 valence electrons. The van der Waals surface area contributed by atoms with E-state index >= 15 is 0 Å². The number of amides is 1. The van der Waals surface area contributed by atoms with Gasteiger partial charge >= 0.3 is 6.18 Å². The summed E-state index contributed by atoms with van der Waals surface area (Å²) in [6, 6.07) is 11.2. The molecule has 1 fully saturated rings. The number of rotatable bonds is 6. The predicted octanol–water partition coefficient (Wildman–Crippen LogP) is 5.37. The van der Waals surface area contributed by atoms with E-state index in [0.29, 0.717) is 0 Å². The molecule has 0 saturated carbocycles. The Bertz CT molecular complexity index is 920. The van der Waals surface area contributed by atoms with Gasteiger partial charge in [-0.05, 0) is 70.0 Å². The number of likely N-dealkylation sites (tertiary alicyclic amines) is 1. The number of hydrogen-bond donors (Lipinski definition) is 1. The SMILES string of the molecule is COc1cc(C(F)(F)F)cc(C)c1C(=O)NC(c1ccccc1)C(C)(C)N1CCCC1. The fourth-order valence-corrected chi connectivity index (χ4v) is 4.36. The van der Waals surface area contributed by atoms with Crippen LogP contribution in [0.2, 0.25) is 0 Å². The number of aryl methyl sites for hydroxylation is 1. The molecule has 0 aromatic heterocycles. The third-order valence-corrected chi connectivity index (χ3v) is 6.11. The number of benzene rings is 2. The predicted molar refractivity (Wildman–Crippen MR) is 114 cm³/mol. The van der Waals surface area contributed by atoms with Crippen LogP contribution in [-0.4, -0.2) is 36.5 Å². The molecule has 2 aromatic rings. The van der Waals surface area contributed by atoms with Gasteiger partial charge in [0.15, 0.2) is 0 Å². The Morgan fingerprint density at radius 3 is 2.26 bits per heavy atom. The Morgan fingerprint density at radius 1 is 1.10 bits per heavy atom. The Kier molecular flexibility index (Phi) is 6.65. The van der Waals surface area contributed by atoms with Crippen molar-refractivity contribution >= 4 is 5.91 Å². The van der Waals surface area contributed by atoms with Crippen molar-refractivity contribution in [1.29, 1.82) is 0 Å². The van der Waals surface area contributed by atoms with E-state index in [-0.39, 0.29) is 28.5 Å². The van der Waals surface area contributed by atoms with E-state index in [9.17, 15) is 18.0 Å². The van der Waals surface area contributed by atoms with Gasteiger partial charge < -0.3 is 10.1 Å². The maximum atomic E-state index is 13.4. The highest BCUT2D eigenvalue weighted by Crippen LogP contribution is 2.37. The first-order chi connectivity index (χ1) is 14.6. The highest BCUT2D eigenvalue weighted by molar-refractivity contribution is 5.98. The average molecular weight is 435 g/mol. The van der Waals surface area contributed by atoms with Crippen LogP contribution in [0.5, 0.6) is 5.75 Å². The van der Waals surface area contributed by atoms with Gasteiger partial charge in [-0.1, -0.05) is 30.3 Å². The van der Waals surface area contributed by atoms with Crippen molar-refractivity contribution in [2.24, 2.45) is 0 Å². The van der Waals surface area contributed by atoms with Gasteiger partial charge in [-0.2, -0.15) is 13.2 Å². The molecular weight excluding hydrogens is 405 g/mol. The number of carbonyl (C=O) groups excluding carboxylic acids is 1. The molecule has 0 spiro atoms. The van der Waals surface area contributed by atoms with Crippen LogP contribution in [-0.2, 0) is 6.18 Å². The molecule has 1 unspecified atom stereocenters. The lowest BCUT2D eigenvalue weighted by molar-refractivity contribution is -0.137. The fourth-order valence-electron chi connectivity index (χ4n) is 4.36. The molecule has 3 rings (SSSR count). The van der Waals surface area contributed by atoms with E-state index in [1.165, 1.54) is 14.0 Å². The van der Waals surface area contributed by atoms with E-state index in [1.54, 1.807) is 0 Å². The molecule has 1 amide bonds. The molecule has 1 N–H and O–H groups in total. The summed E-state index contributed by atoms with van der Waals surface area (Å²) in [5.41, 5.74) is 0.0518. The molecule has 0 bridgehead atoms. The lowest BCUT2D eigenvalue weighted by Gasteiger charge is -2.42. The zero-order chi connectivity index (χ0) is 22.8. The van der Waals surface area contributed by atoms with Gasteiger partial charge in [0.25, 0.3) is 5.91 Å². The fraction of sp³-hybridized carbons (Fsp3) is 0.458. The maximum absolute atomic E-state index is 13.4. The normalized spacial score (nSPS) is 16.2. The third kappa shape index (κ3) is 4.87. The molecule has 1 aliphatic rings. The van der Waals surface area contributed by atoms with Crippen molar-refractivity contribution in [1.82, 2.24) is 10.2 Å². The quantitative estimate of drug-likeness (QED) is 0.665. The molecule has 7 heteroatoms. The van der Waals surface area contributed by atoms with Crippen LogP contribution in [0.4, 0.5) is 13.2 Å². The highest BCUT2D eigenvalue weighted by atomic mass is 19.4. The van der Waals surface area contributed by atoms with Crippen LogP contribution < -0.4 is 10.1 Å². The molecule has 1 aliphatic heterocycles. The van der Waals surface area contributed by atoms with Crippen LogP contribution in [0.15, 0.2) is 42.5 Å². The molecule has 0 radical (unpaired) electrons. The minimum absolute atomic E-state index is 0.0874. The molecule has 2 aromatic carbocycles. The van der Waals surface area contributed by atoms with Crippen LogP contribution in [0.1, 0.15) is 59.8 Å². The third-order valence-electron chi connectivity index (χ3n) is 6.11. The van der Waals surface area contributed by atoms with Gasteiger partial charge in [-0.15, -0.1) is 0 Å². The van der Waals surface area contributed by atoms with E-state index < -0.39 is 17.6 Å². The van der Waals surface area contributed by atoms with Gasteiger partial charge in [0.2, 0.25) is 0 Å². The monoisotopic (exact) mass is 434 g/mol. The number of hydrogen-bond acceptors (Lipinski definition) is 3. The summed E-state index contributed by atoms with van der Waals surface area (Å²) in [7, 11) is 1.27. The summed E-state index contributed by atoms with van der Waals surface area (Å²) < 4.78 is 44.8. The Balaban J connectivity index is 2.00. The zero-order valence-corrected chi connectivity index (χ0v) is 18.3. The number of carbonyl (C=O) groups is 1. The zero-order valence-electron chi connectivity index (χ0n) is 18.3. The minimum Gasteiger partial charge on any atom is -0.496 e. The Labute approximate surface area is 181 Å². The van der Waals surface area contributed by atoms with Gasteiger partial charge in [-0.25, -0.2) is 0 Å². The first-order valence-corrected chi connectivity index (χ1v) is 10.4. The summed E-state index contributed by atoms with van der Waals surface area (Å²) in [6.07, 6.45) is -2.31. The molecule has 1 heterocycles. The summed E-state index contributed by atoms with van der Waals surface area (Å²) in [4.78, 5) is 15.7. The van der Waals surface area contributed by atoms with Crippen molar-refractivity contribution < 1.29 is 22.7 Å². The lowest BCUT2D eigenvalue weighted by Crippen LogP contribution is -2.52. The van der Waals surface area contributed by atoms with E-state index in [4.69, 9.17) is 4.74 Å². The van der Waals surface area contributed by atoms with Crippen LogP contribution in [0.25, 0.3) is 0 Å². The number of methoxy groups -OCH3 is 1. The van der Waals surface area contributed by atoms with E-state index in [1.807, 2.05) is 30.3 Å². The Hall–Kier alpha value is -2.54. The second-order valence-corrected chi connectivity index (χ2v) is 8.53. The van der Waals surface area contributed by atoms with Gasteiger partial charge in [0, 0.05) is 5.54 Å². The number of ether oxygens (including phenoxy) is 1. The van der Waals surface area contributed by atoms with Crippen LogP contribution >= 0.6 is 0 Å². The largest absolute Gasteiger partial charge is 0.496 e. The van der Waals surface area contributed by atoms with Gasteiger partial charge in [0.05, 0.1) is 24.3 Å². The van der Waals surface area contributed by atoms with Crippen LogP contribution in [0.3, 0.4) is 0 Å². The second kappa shape index (κ2) is 8.91. The smallest absolute Gasteiger partial charge is 0.416 e. The number of halogens is 3. The summed E-state index contributed by atoms with van der Waals surface area (Å²) >= 11 is 0.